The topological polar surface area (TPSA) is 59.9 Å². The van der Waals surface area contributed by atoms with Crippen LogP contribution < -0.4 is 0 Å². The molecule has 0 aliphatic rings. The molecule has 5 nitrogen and oxygen atoms in total. The number of benzene rings is 1. The summed E-state index contributed by atoms with van der Waals surface area (Å²) in [6, 6.07) is 15.0. The lowest BCUT2D eigenvalue weighted by atomic mass is 10.2. The first-order chi connectivity index (χ1) is 9.86. The average molecular weight is 263 g/mol. The van der Waals surface area contributed by atoms with Crippen molar-refractivity contribution in [2.24, 2.45) is 5.18 Å². The fourth-order valence-corrected chi connectivity index (χ4v) is 2.33. The number of aromatic nitrogens is 2. The minimum atomic E-state index is 0.250. The number of hydrogen-bond acceptors (Lipinski definition) is 4. The van der Waals surface area contributed by atoms with Gasteiger partial charge in [0.2, 0.25) is 5.82 Å². The first kappa shape index (κ1) is 10.9. The van der Waals surface area contributed by atoms with Gasteiger partial charge in [-0.25, -0.2) is 4.98 Å². The molecule has 5 heteroatoms. The lowest BCUT2D eigenvalue weighted by molar-refractivity contribution is 0.629. The van der Waals surface area contributed by atoms with E-state index < -0.39 is 0 Å². The average Bonchev–Trinajstić information content (AvgIpc) is 3.07. The molecule has 3 aromatic heterocycles. The van der Waals surface area contributed by atoms with Crippen LogP contribution in [0.3, 0.4) is 0 Å². The maximum atomic E-state index is 11.1. The predicted molar refractivity (Wildman–Crippen MR) is 75.9 cm³/mol. The van der Waals surface area contributed by atoms with E-state index in [0.717, 1.165) is 11.0 Å². The Morgan fingerprint density at radius 1 is 1.10 bits per heavy atom. The van der Waals surface area contributed by atoms with Crippen molar-refractivity contribution >= 4 is 22.4 Å². The Hall–Kier alpha value is -2.95. The van der Waals surface area contributed by atoms with Gasteiger partial charge < -0.3 is 4.42 Å². The van der Waals surface area contributed by atoms with Gasteiger partial charge in [0.25, 0.3) is 0 Å². The van der Waals surface area contributed by atoms with Crippen LogP contribution >= 0.6 is 0 Å². The summed E-state index contributed by atoms with van der Waals surface area (Å²) in [5.41, 5.74) is 1.89. The van der Waals surface area contributed by atoms with E-state index in [-0.39, 0.29) is 5.82 Å². The summed E-state index contributed by atoms with van der Waals surface area (Å²) in [4.78, 5) is 15.6. The zero-order valence-electron chi connectivity index (χ0n) is 10.4. The number of nitrogens with zero attached hydrogens (tertiary/aromatic N) is 3. The molecule has 0 bridgehead atoms. The Balaban J connectivity index is 2.03. The molecule has 0 saturated carbocycles. The molecule has 0 aliphatic carbocycles. The Labute approximate surface area is 113 Å². The van der Waals surface area contributed by atoms with Gasteiger partial charge in [0.05, 0.1) is 0 Å². The highest BCUT2D eigenvalue weighted by Crippen LogP contribution is 2.34. The van der Waals surface area contributed by atoms with Crippen LogP contribution in [-0.2, 0) is 0 Å². The number of imidazole rings is 1. The van der Waals surface area contributed by atoms with Crippen molar-refractivity contribution in [1.29, 1.82) is 0 Å². The molecule has 4 aromatic rings. The van der Waals surface area contributed by atoms with Crippen molar-refractivity contribution in [1.82, 2.24) is 9.38 Å². The molecule has 20 heavy (non-hydrogen) atoms. The molecule has 0 atom stereocenters. The maximum Gasteiger partial charge on any atom is 0.212 e. The van der Waals surface area contributed by atoms with Crippen molar-refractivity contribution in [3.8, 4) is 11.5 Å². The second kappa shape index (κ2) is 4.03. The number of hydrogen-bond donors (Lipinski definition) is 0. The van der Waals surface area contributed by atoms with Crippen LogP contribution in [0.25, 0.3) is 28.1 Å². The summed E-state index contributed by atoms with van der Waals surface area (Å²) >= 11 is 0. The number of nitroso groups, excluding NO2 is 1. The van der Waals surface area contributed by atoms with Crippen LogP contribution in [0.1, 0.15) is 0 Å². The van der Waals surface area contributed by atoms with Gasteiger partial charge in [0, 0.05) is 11.6 Å². The number of rotatable bonds is 2. The monoisotopic (exact) mass is 263 g/mol. The molecule has 1 aromatic carbocycles. The standard InChI is InChI=1S/C15H9N3O2/c19-17-15-14(16-13-7-3-4-8-18(13)15)12-9-10-5-1-2-6-11(10)20-12/h1-9H. The molecule has 3 heterocycles. The third-order valence-corrected chi connectivity index (χ3v) is 3.25. The zero-order valence-corrected chi connectivity index (χ0v) is 10.4. The van der Waals surface area contributed by atoms with Crippen LogP contribution in [0.2, 0.25) is 0 Å². The van der Waals surface area contributed by atoms with Crippen molar-refractivity contribution < 1.29 is 4.42 Å². The van der Waals surface area contributed by atoms with E-state index in [1.165, 1.54) is 0 Å². The molecular weight excluding hydrogens is 254 g/mol. The van der Waals surface area contributed by atoms with Crippen molar-refractivity contribution in [3.05, 3.63) is 59.6 Å². The number of para-hydroxylation sites is 1. The van der Waals surface area contributed by atoms with Gasteiger partial charge in [-0.15, -0.1) is 4.91 Å². The molecule has 0 N–H and O–H groups in total. The van der Waals surface area contributed by atoms with Crippen LogP contribution in [0.4, 0.5) is 5.82 Å². The molecule has 0 aliphatic heterocycles. The molecule has 4 rings (SSSR count). The predicted octanol–water partition coefficient (Wildman–Crippen LogP) is 4.15. The Morgan fingerprint density at radius 2 is 1.95 bits per heavy atom. The van der Waals surface area contributed by atoms with Crippen LogP contribution in [0.5, 0.6) is 0 Å². The number of furan rings is 1. The Morgan fingerprint density at radius 3 is 2.80 bits per heavy atom. The Kier molecular flexibility index (Phi) is 2.20. The summed E-state index contributed by atoms with van der Waals surface area (Å²) < 4.78 is 7.40. The summed E-state index contributed by atoms with van der Waals surface area (Å²) in [6.45, 7) is 0. The minimum absolute atomic E-state index is 0.250. The van der Waals surface area contributed by atoms with Gasteiger partial charge in [-0.1, -0.05) is 24.3 Å². The minimum Gasteiger partial charge on any atom is -0.454 e. The fourth-order valence-electron chi connectivity index (χ4n) is 2.33. The molecule has 0 saturated heterocycles. The van der Waals surface area contributed by atoms with Gasteiger partial charge in [-0.05, 0) is 29.4 Å². The van der Waals surface area contributed by atoms with Crippen LogP contribution in [0.15, 0.2) is 64.3 Å². The summed E-state index contributed by atoms with van der Waals surface area (Å²) in [5, 5.41) is 4.06. The largest absolute Gasteiger partial charge is 0.454 e. The van der Waals surface area contributed by atoms with E-state index in [1.54, 1.807) is 10.6 Å². The van der Waals surface area contributed by atoms with E-state index in [0.29, 0.717) is 17.1 Å². The third-order valence-electron chi connectivity index (χ3n) is 3.25. The van der Waals surface area contributed by atoms with Crippen molar-refractivity contribution in [2.75, 3.05) is 0 Å². The third kappa shape index (κ3) is 1.46. The summed E-state index contributed by atoms with van der Waals surface area (Å²) in [5.74, 6) is 0.796. The number of fused-ring (bicyclic) bond motifs is 2. The lowest BCUT2D eigenvalue weighted by Crippen LogP contribution is -1.80. The van der Waals surface area contributed by atoms with Crippen LogP contribution in [-0.4, -0.2) is 9.38 Å². The molecule has 0 amide bonds. The molecule has 0 fully saturated rings. The van der Waals surface area contributed by atoms with Crippen molar-refractivity contribution in [3.63, 3.8) is 0 Å². The first-order valence-corrected chi connectivity index (χ1v) is 6.16. The molecular formula is C15H9N3O2. The van der Waals surface area contributed by atoms with E-state index in [4.69, 9.17) is 4.42 Å². The summed E-state index contributed by atoms with van der Waals surface area (Å²) in [7, 11) is 0. The quantitative estimate of drug-likeness (QED) is 0.510. The molecule has 0 spiro atoms. The maximum absolute atomic E-state index is 11.1. The highest BCUT2D eigenvalue weighted by molar-refractivity contribution is 5.84. The van der Waals surface area contributed by atoms with E-state index >= 15 is 0 Å². The summed E-state index contributed by atoms with van der Waals surface area (Å²) in [6.07, 6.45) is 1.76. The van der Waals surface area contributed by atoms with E-state index in [2.05, 4.69) is 10.2 Å². The molecule has 96 valence electrons. The highest BCUT2D eigenvalue weighted by Gasteiger charge is 2.17. The molecule has 0 radical (unpaired) electrons. The van der Waals surface area contributed by atoms with Crippen molar-refractivity contribution in [2.45, 2.75) is 0 Å². The lowest BCUT2D eigenvalue weighted by Gasteiger charge is -1.92. The fraction of sp³-hybridized carbons (Fsp3) is 0. The first-order valence-electron chi connectivity index (χ1n) is 6.16. The zero-order chi connectivity index (χ0) is 13.5. The van der Waals surface area contributed by atoms with Gasteiger partial charge in [0.15, 0.2) is 11.5 Å². The van der Waals surface area contributed by atoms with Crippen LogP contribution in [0, 0.1) is 4.91 Å². The molecule has 0 unspecified atom stereocenters. The number of pyridine rings is 1. The van der Waals surface area contributed by atoms with Gasteiger partial charge in [-0.2, -0.15) is 0 Å². The van der Waals surface area contributed by atoms with Gasteiger partial charge in [-0.3, -0.25) is 4.40 Å². The van der Waals surface area contributed by atoms with E-state index in [9.17, 15) is 4.91 Å². The second-order valence-corrected chi connectivity index (χ2v) is 4.45. The SMILES string of the molecule is O=Nc1c(-c2cc3ccccc3o2)nc2ccccn12. The smallest absolute Gasteiger partial charge is 0.212 e. The van der Waals surface area contributed by atoms with E-state index in [1.807, 2.05) is 48.5 Å². The highest BCUT2D eigenvalue weighted by atomic mass is 16.3. The van der Waals surface area contributed by atoms with Gasteiger partial charge in [0.1, 0.15) is 11.2 Å². The second-order valence-electron chi connectivity index (χ2n) is 4.45. The Bertz CT molecular complexity index is 904. The van der Waals surface area contributed by atoms with Gasteiger partial charge >= 0.3 is 0 Å². The normalized spacial score (nSPS) is 11.2.